The first-order valence-corrected chi connectivity index (χ1v) is 7.42. The summed E-state index contributed by atoms with van der Waals surface area (Å²) >= 11 is 1.41. The summed E-state index contributed by atoms with van der Waals surface area (Å²) in [6.45, 7) is 4.93. The summed E-state index contributed by atoms with van der Waals surface area (Å²) in [5.41, 5.74) is 0.765. The third-order valence-corrected chi connectivity index (χ3v) is 3.33. The fourth-order valence-corrected chi connectivity index (χ4v) is 2.30. The topological polar surface area (TPSA) is 83.6 Å². The van der Waals surface area contributed by atoms with Gasteiger partial charge in [-0.2, -0.15) is 0 Å². The molecule has 0 aliphatic rings. The van der Waals surface area contributed by atoms with E-state index in [2.05, 4.69) is 32.2 Å². The minimum absolute atomic E-state index is 0.155. The van der Waals surface area contributed by atoms with Crippen LogP contribution in [0.15, 0.2) is 28.3 Å². The molecule has 0 atom stereocenters. The molecule has 2 heterocycles. The molecule has 2 rings (SSSR count). The number of anilines is 1. The first-order chi connectivity index (χ1) is 9.67. The average molecular weight is 291 g/mol. The summed E-state index contributed by atoms with van der Waals surface area (Å²) in [6, 6.07) is 3.31. The lowest BCUT2D eigenvalue weighted by Gasteiger charge is -2.07. The molecule has 0 radical (unpaired) electrons. The van der Waals surface area contributed by atoms with Crippen LogP contribution in [0.3, 0.4) is 0 Å². The molecule has 0 unspecified atom stereocenters. The van der Waals surface area contributed by atoms with Gasteiger partial charge >= 0.3 is 0 Å². The highest BCUT2D eigenvalue weighted by Gasteiger charge is 2.04. The van der Waals surface area contributed by atoms with Gasteiger partial charge in [0.1, 0.15) is 11.6 Å². The lowest BCUT2D eigenvalue weighted by Crippen LogP contribution is -2.07. The van der Waals surface area contributed by atoms with Crippen LogP contribution in [-0.2, 0) is 5.75 Å². The number of aromatic amines is 1. The van der Waals surface area contributed by atoms with Crippen LogP contribution >= 0.6 is 11.8 Å². The maximum Gasteiger partial charge on any atom is 0.251 e. The summed E-state index contributed by atoms with van der Waals surface area (Å²) in [4.78, 5) is 26.8. The summed E-state index contributed by atoms with van der Waals surface area (Å²) in [5.74, 6) is 2.12. The SMILES string of the molecule is CCCNc1cc(C)nc(CSc2nccc(=O)[nH]2)n1. The van der Waals surface area contributed by atoms with Crippen molar-refractivity contribution in [3.8, 4) is 0 Å². The third kappa shape index (κ3) is 4.34. The number of nitrogens with one attached hydrogen (secondary N) is 2. The standard InChI is InChI=1S/C13H17N5OS/c1-3-5-14-10-7-9(2)16-11(17-10)8-20-13-15-6-4-12(19)18-13/h4,6-7H,3,5,8H2,1-2H3,(H,14,16,17)(H,15,18,19). The van der Waals surface area contributed by atoms with Crippen molar-refractivity contribution >= 4 is 17.6 Å². The van der Waals surface area contributed by atoms with Gasteiger partial charge in [0.05, 0.1) is 5.75 Å². The van der Waals surface area contributed by atoms with Crippen molar-refractivity contribution in [2.24, 2.45) is 0 Å². The molecule has 2 aromatic rings. The van der Waals surface area contributed by atoms with E-state index in [1.54, 1.807) is 0 Å². The Morgan fingerprint density at radius 3 is 3.00 bits per heavy atom. The third-order valence-electron chi connectivity index (χ3n) is 2.44. The van der Waals surface area contributed by atoms with Crippen LogP contribution in [0, 0.1) is 6.92 Å². The predicted molar refractivity (Wildman–Crippen MR) is 80.0 cm³/mol. The number of nitrogens with zero attached hydrogens (tertiary/aromatic N) is 3. The van der Waals surface area contributed by atoms with E-state index in [0.717, 1.165) is 30.3 Å². The van der Waals surface area contributed by atoms with E-state index in [0.29, 0.717) is 10.9 Å². The Labute approximate surface area is 121 Å². The Hall–Kier alpha value is -1.89. The molecule has 0 aliphatic carbocycles. The Bertz CT molecular complexity index is 628. The number of hydrogen-bond acceptors (Lipinski definition) is 6. The minimum Gasteiger partial charge on any atom is -0.370 e. The number of hydrogen-bond donors (Lipinski definition) is 2. The van der Waals surface area contributed by atoms with E-state index in [1.165, 1.54) is 24.0 Å². The van der Waals surface area contributed by atoms with Crippen molar-refractivity contribution in [2.45, 2.75) is 31.2 Å². The van der Waals surface area contributed by atoms with Crippen LogP contribution in [0.2, 0.25) is 0 Å². The van der Waals surface area contributed by atoms with Gasteiger partial charge in [-0.15, -0.1) is 0 Å². The number of rotatable bonds is 6. The maximum absolute atomic E-state index is 11.2. The molecule has 0 bridgehead atoms. The molecule has 106 valence electrons. The van der Waals surface area contributed by atoms with Crippen molar-refractivity contribution in [1.82, 2.24) is 19.9 Å². The molecule has 0 aliphatic heterocycles. The van der Waals surface area contributed by atoms with E-state index in [-0.39, 0.29) is 5.56 Å². The molecule has 6 nitrogen and oxygen atoms in total. The van der Waals surface area contributed by atoms with Gasteiger partial charge in [-0.3, -0.25) is 4.79 Å². The van der Waals surface area contributed by atoms with Gasteiger partial charge in [0.25, 0.3) is 5.56 Å². The number of thioether (sulfide) groups is 1. The summed E-state index contributed by atoms with van der Waals surface area (Å²) in [5, 5.41) is 3.82. The molecule has 2 aromatic heterocycles. The first-order valence-electron chi connectivity index (χ1n) is 6.44. The molecule has 0 saturated carbocycles. The molecule has 0 saturated heterocycles. The average Bonchev–Trinajstić information content (AvgIpc) is 2.42. The maximum atomic E-state index is 11.2. The largest absolute Gasteiger partial charge is 0.370 e. The second-order valence-corrected chi connectivity index (χ2v) is 5.23. The van der Waals surface area contributed by atoms with Gasteiger partial charge < -0.3 is 10.3 Å². The molecule has 0 aromatic carbocycles. The number of aromatic nitrogens is 4. The van der Waals surface area contributed by atoms with Gasteiger partial charge in [0, 0.05) is 30.6 Å². The van der Waals surface area contributed by atoms with Gasteiger partial charge in [0.15, 0.2) is 5.16 Å². The van der Waals surface area contributed by atoms with Crippen molar-refractivity contribution < 1.29 is 0 Å². The highest BCUT2D eigenvalue weighted by molar-refractivity contribution is 7.98. The second kappa shape index (κ2) is 7.04. The Balaban J connectivity index is 2.05. The van der Waals surface area contributed by atoms with E-state index >= 15 is 0 Å². The zero-order valence-electron chi connectivity index (χ0n) is 11.5. The molecule has 0 fully saturated rings. The number of aryl methyl sites for hydroxylation is 1. The lowest BCUT2D eigenvalue weighted by molar-refractivity contribution is 0.922. The normalized spacial score (nSPS) is 10.5. The van der Waals surface area contributed by atoms with E-state index in [9.17, 15) is 4.79 Å². The fraction of sp³-hybridized carbons (Fsp3) is 0.385. The van der Waals surface area contributed by atoms with E-state index in [4.69, 9.17) is 0 Å². The summed E-state index contributed by atoms with van der Waals surface area (Å²) < 4.78 is 0. The molecule has 7 heteroatoms. The number of H-pyrrole nitrogens is 1. The quantitative estimate of drug-likeness (QED) is 0.625. The van der Waals surface area contributed by atoms with E-state index < -0.39 is 0 Å². The van der Waals surface area contributed by atoms with Gasteiger partial charge in [-0.1, -0.05) is 18.7 Å². The molecular weight excluding hydrogens is 274 g/mol. The van der Waals surface area contributed by atoms with Gasteiger partial charge in [0.2, 0.25) is 0 Å². The van der Waals surface area contributed by atoms with Crippen LogP contribution in [0.4, 0.5) is 5.82 Å². The molecule has 2 N–H and O–H groups in total. The molecule has 0 amide bonds. The van der Waals surface area contributed by atoms with Crippen LogP contribution in [0.1, 0.15) is 24.9 Å². The van der Waals surface area contributed by atoms with Crippen molar-refractivity contribution in [3.63, 3.8) is 0 Å². The predicted octanol–water partition coefficient (Wildman–Crippen LogP) is 1.98. The highest BCUT2D eigenvalue weighted by Crippen LogP contribution is 2.17. The molecule has 0 spiro atoms. The summed E-state index contributed by atoms with van der Waals surface area (Å²) in [6.07, 6.45) is 2.54. The zero-order valence-corrected chi connectivity index (χ0v) is 12.3. The van der Waals surface area contributed by atoms with Crippen LogP contribution < -0.4 is 10.9 Å². The van der Waals surface area contributed by atoms with Crippen molar-refractivity contribution in [1.29, 1.82) is 0 Å². The van der Waals surface area contributed by atoms with Crippen LogP contribution in [-0.4, -0.2) is 26.5 Å². The second-order valence-electron chi connectivity index (χ2n) is 4.27. The highest BCUT2D eigenvalue weighted by atomic mass is 32.2. The van der Waals surface area contributed by atoms with E-state index in [1.807, 2.05) is 13.0 Å². The van der Waals surface area contributed by atoms with Gasteiger partial charge in [-0.25, -0.2) is 15.0 Å². The summed E-state index contributed by atoms with van der Waals surface area (Å²) in [7, 11) is 0. The Morgan fingerprint density at radius 1 is 1.40 bits per heavy atom. The first kappa shape index (κ1) is 14.5. The van der Waals surface area contributed by atoms with Crippen molar-refractivity contribution in [2.75, 3.05) is 11.9 Å². The smallest absolute Gasteiger partial charge is 0.251 e. The molecular formula is C13H17N5OS. The monoisotopic (exact) mass is 291 g/mol. The fourth-order valence-electron chi connectivity index (χ4n) is 1.60. The molecule has 20 heavy (non-hydrogen) atoms. The minimum atomic E-state index is -0.155. The Morgan fingerprint density at radius 2 is 2.25 bits per heavy atom. The lowest BCUT2D eigenvalue weighted by atomic mass is 10.4. The van der Waals surface area contributed by atoms with Crippen LogP contribution in [0.25, 0.3) is 0 Å². The Kier molecular flexibility index (Phi) is 5.11. The van der Waals surface area contributed by atoms with Gasteiger partial charge in [-0.05, 0) is 13.3 Å². The van der Waals surface area contributed by atoms with Crippen LogP contribution in [0.5, 0.6) is 0 Å². The van der Waals surface area contributed by atoms with Crippen molar-refractivity contribution in [3.05, 3.63) is 40.2 Å². The zero-order chi connectivity index (χ0) is 14.4.